The number of amides is 1. The Balaban J connectivity index is 1.58. The molecule has 0 aliphatic heterocycles. The fraction of sp³-hybridized carbons (Fsp3) is 0.286. The van der Waals surface area contributed by atoms with Crippen LogP contribution < -0.4 is 10.1 Å². The highest BCUT2D eigenvalue weighted by molar-refractivity contribution is 7.99. The maximum Gasteiger partial charge on any atom is 0.225 e. The number of aromatic nitrogens is 3. The summed E-state index contributed by atoms with van der Waals surface area (Å²) in [4.78, 5) is 12.2. The van der Waals surface area contributed by atoms with Gasteiger partial charge in [-0.15, -0.1) is 10.2 Å². The van der Waals surface area contributed by atoms with Gasteiger partial charge in [0.2, 0.25) is 5.91 Å². The molecule has 0 aliphatic carbocycles. The van der Waals surface area contributed by atoms with Crippen LogP contribution in [0.1, 0.15) is 20.3 Å². The van der Waals surface area contributed by atoms with Crippen LogP contribution in [0.4, 0.5) is 5.69 Å². The zero-order valence-corrected chi connectivity index (χ0v) is 19.0. The van der Waals surface area contributed by atoms with E-state index in [-0.39, 0.29) is 5.91 Å². The van der Waals surface area contributed by atoms with Crippen LogP contribution >= 0.6 is 35.0 Å². The van der Waals surface area contributed by atoms with Gasteiger partial charge in [0.25, 0.3) is 0 Å². The van der Waals surface area contributed by atoms with Crippen LogP contribution in [-0.2, 0) is 11.3 Å². The van der Waals surface area contributed by atoms with E-state index in [1.165, 1.54) is 11.8 Å². The van der Waals surface area contributed by atoms with E-state index in [4.69, 9.17) is 27.9 Å². The van der Waals surface area contributed by atoms with Crippen molar-refractivity contribution in [1.82, 2.24) is 14.8 Å². The van der Waals surface area contributed by atoms with Crippen LogP contribution in [0.15, 0.2) is 47.6 Å². The molecular weight excluding hydrogens is 443 g/mol. The number of anilines is 1. The van der Waals surface area contributed by atoms with Crippen molar-refractivity contribution < 1.29 is 9.53 Å². The summed E-state index contributed by atoms with van der Waals surface area (Å²) in [5.74, 6) is 1.98. The first kappa shape index (κ1) is 22.5. The molecule has 30 heavy (non-hydrogen) atoms. The highest BCUT2D eigenvalue weighted by Gasteiger charge is 2.16. The van der Waals surface area contributed by atoms with Gasteiger partial charge in [0, 0.05) is 35.0 Å². The van der Waals surface area contributed by atoms with Crippen molar-refractivity contribution in [3.8, 4) is 17.1 Å². The Morgan fingerprint density at radius 3 is 2.57 bits per heavy atom. The fourth-order valence-electron chi connectivity index (χ4n) is 2.81. The lowest BCUT2D eigenvalue weighted by molar-refractivity contribution is -0.115. The molecule has 0 saturated carbocycles. The van der Waals surface area contributed by atoms with Gasteiger partial charge in [0.1, 0.15) is 5.75 Å². The number of carbonyl (C=O) groups is 1. The van der Waals surface area contributed by atoms with E-state index in [9.17, 15) is 4.79 Å². The molecule has 1 N–H and O–H groups in total. The maximum absolute atomic E-state index is 12.2. The highest BCUT2D eigenvalue weighted by atomic mass is 35.5. The van der Waals surface area contributed by atoms with E-state index in [0.29, 0.717) is 41.2 Å². The number of benzene rings is 2. The molecular formula is C21H22Cl2N4O2S. The third-order valence-corrected chi connectivity index (χ3v) is 5.73. The lowest BCUT2D eigenvalue weighted by Gasteiger charge is -2.09. The zero-order chi connectivity index (χ0) is 21.5. The van der Waals surface area contributed by atoms with Gasteiger partial charge in [-0.05, 0) is 56.3 Å². The Hall–Kier alpha value is -2.22. The molecule has 1 amide bonds. The Kier molecular flexibility index (Phi) is 8.01. The van der Waals surface area contributed by atoms with Gasteiger partial charge in [0.05, 0.1) is 11.6 Å². The second kappa shape index (κ2) is 10.7. The van der Waals surface area contributed by atoms with Crippen molar-refractivity contribution in [2.75, 3.05) is 17.7 Å². The van der Waals surface area contributed by atoms with Crippen molar-refractivity contribution in [2.24, 2.45) is 0 Å². The van der Waals surface area contributed by atoms with Crippen LogP contribution in [0.3, 0.4) is 0 Å². The number of nitrogens with one attached hydrogen (secondary N) is 1. The monoisotopic (exact) mass is 464 g/mol. The summed E-state index contributed by atoms with van der Waals surface area (Å²) >= 11 is 13.8. The van der Waals surface area contributed by atoms with Crippen LogP contribution in [0.5, 0.6) is 5.75 Å². The van der Waals surface area contributed by atoms with Gasteiger partial charge in [-0.2, -0.15) is 0 Å². The van der Waals surface area contributed by atoms with Crippen LogP contribution in [0.25, 0.3) is 11.4 Å². The van der Waals surface area contributed by atoms with E-state index < -0.39 is 0 Å². The van der Waals surface area contributed by atoms with Crippen molar-refractivity contribution in [3.63, 3.8) is 0 Å². The topological polar surface area (TPSA) is 69.0 Å². The predicted octanol–water partition coefficient (Wildman–Crippen LogP) is 5.79. The number of ether oxygens (including phenoxy) is 1. The summed E-state index contributed by atoms with van der Waals surface area (Å²) < 4.78 is 7.38. The van der Waals surface area contributed by atoms with Crippen LogP contribution in [-0.4, -0.2) is 33.0 Å². The third-order valence-electron chi connectivity index (χ3n) is 4.21. The van der Waals surface area contributed by atoms with E-state index in [1.54, 1.807) is 12.1 Å². The van der Waals surface area contributed by atoms with Crippen LogP contribution in [0.2, 0.25) is 10.0 Å². The molecule has 0 radical (unpaired) electrons. The molecule has 158 valence electrons. The van der Waals surface area contributed by atoms with Crippen molar-refractivity contribution in [3.05, 3.63) is 52.5 Å². The molecule has 1 heterocycles. The van der Waals surface area contributed by atoms with Crippen molar-refractivity contribution >= 4 is 46.6 Å². The summed E-state index contributed by atoms with van der Waals surface area (Å²) in [5, 5.41) is 13.3. The normalized spacial score (nSPS) is 10.8. The summed E-state index contributed by atoms with van der Waals surface area (Å²) in [6, 6.07) is 12.6. The standard InChI is InChI=1S/C21H22Cl2N4O2S/c1-3-27-20(17-10-5-14(22)13-18(17)23)25-26-21(27)30-12-11-19(28)24-15-6-8-16(9-7-15)29-4-2/h5-10,13H,3-4,11-12H2,1-2H3,(H,24,28). The third kappa shape index (κ3) is 5.68. The SMILES string of the molecule is CCOc1ccc(NC(=O)CCSc2nnc(-c3ccc(Cl)cc3Cl)n2CC)cc1. The van der Waals surface area contributed by atoms with E-state index in [2.05, 4.69) is 15.5 Å². The number of hydrogen-bond acceptors (Lipinski definition) is 5. The summed E-state index contributed by atoms with van der Waals surface area (Å²) in [7, 11) is 0. The molecule has 2 aromatic carbocycles. The Bertz CT molecular complexity index is 1010. The molecule has 0 bridgehead atoms. The Morgan fingerprint density at radius 2 is 1.90 bits per heavy atom. The van der Waals surface area contributed by atoms with Gasteiger partial charge in [-0.3, -0.25) is 4.79 Å². The quantitative estimate of drug-likeness (QED) is 0.405. The van der Waals surface area contributed by atoms with Gasteiger partial charge in [0.15, 0.2) is 11.0 Å². The average molecular weight is 465 g/mol. The predicted molar refractivity (Wildman–Crippen MR) is 123 cm³/mol. The number of thioether (sulfide) groups is 1. The Morgan fingerprint density at radius 1 is 1.13 bits per heavy atom. The molecule has 0 unspecified atom stereocenters. The highest BCUT2D eigenvalue weighted by Crippen LogP contribution is 2.31. The minimum Gasteiger partial charge on any atom is -0.494 e. The largest absolute Gasteiger partial charge is 0.494 e. The molecule has 6 nitrogen and oxygen atoms in total. The van der Waals surface area contributed by atoms with E-state index >= 15 is 0 Å². The minimum atomic E-state index is -0.0600. The van der Waals surface area contributed by atoms with Gasteiger partial charge < -0.3 is 14.6 Å². The molecule has 9 heteroatoms. The molecule has 3 rings (SSSR count). The minimum absolute atomic E-state index is 0.0600. The van der Waals surface area contributed by atoms with Gasteiger partial charge >= 0.3 is 0 Å². The van der Waals surface area contributed by atoms with E-state index in [1.807, 2.05) is 48.7 Å². The summed E-state index contributed by atoms with van der Waals surface area (Å²) in [5.41, 5.74) is 1.51. The number of carbonyl (C=O) groups excluding carboxylic acids is 1. The van der Waals surface area contributed by atoms with Crippen LogP contribution in [0, 0.1) is 0 Å². The molecule has 3 aromatic rings. The van der Waals surface area contributed by atoms with Crippen molar-refractivity contribution in [2.45, 2.75) is 32.0 Å². The number of rotatable bonds is 9. The Labute approximate surface area is 189 Å². The second-order valence-corrected chi connectivity index (χ2v) is 8.18. The smallest absolute Gasteiger partial charge is 0.225 e. The first-order chi connectivity index (χ1) is 14.5. The first-order valence-electron chi connectivity index (χ1n) is 9.56. The van der Waals surface area contributed by atoms with Gasteiger partial charge in [-0.25, -0.2) is 0 Å². The molecule has 0 fully saturated rings. The summed E-state index contributed by atoms with van der Waals surface area (Å²) in [6.07, 6.45) is 0.353. The number of nitrogens with zero attached hydrogens (tertiary/aromatic N) is 3. The number of hydrogen-bond donors (Lipinski definition) is 1. The number of halogens is 2. The average Bonchev–Trinajstić information content (AvgIpc) is 3.12. The zero-order valence-electron chi connectivity index (χ0n) is 16.7. The lowest BCUT2D eigenvalue weighted by atomic mass is 10.2. The van der Waals surface area contributed by atoms with E-state index in [0.717, 1.165) is 22.2 Å². The fourth-order valence-corrected chi connectivity index (χ4v) is 4.24. The maximum atomic E-state index is 12.2. The van der Waals surface area contributed by atoms with Crippen molar-refractivity contribution in [1.29, 1.82) is 0 Å². The lowest BCUT2D eigenvalue weighted by Crippen LogP contribution is -2.12. The van der Waals surface area contributed by atoms with Gasteiger partial charge in [-0.1, -0.05) is 35.0 Å². The molecule has 1 aromatic heterocycles. The molecule has 0 aliphatic rings. The first-order valence-corrected chi connectivity index (χ1v) is 11.3. The molecule has 0 atom stereocenters. The molecule has 0 spiro atoms. The molecule has 0 saturated heterocycles. The summed E-state index contributed by atoms with van der Waals surface area (Å²) in [6.45, 7) is 5.23. The second-order valence-electron chi connectivity index (χ2n) is 6.28.